The Morgan fingerprint density at radius 3 is 2.29 bits per heavy atom. The number of carbonyl (C=O) groups excluding carboxylic acids is 1. The lowest BCUT2D eigenvalue weighted by Gasteiger charge is -2.44. The Kier molecular flexibility index (Phi) is 7.27. The number of aromatic amines is 1. The highest BCUT2D eigenvalue weighted by molar-refractivity contribution is 7.89. The van der Waals surface area contributed by atoms with Crippen molar-refractivity contribution in [2.45, 2.75) is 74.6 Å². The van der Waals surface area contributed by atoms with Crippen LogP contribution in [0.3, 0.4) is 0 Å². The Hall–Kier alpha value is -2.71. The number of rotatable bonds is 5. The van der Waals surface area contributed by atoms with Crippen LogP contribution in [-0.4, -0.2) is 59.2 Å². The number of H-pyrrole nitrogens is 1. The molecule has 6 rings (SSSR count). The van der Waals surface area contributed by atoms with Gasteiger partial charge in [0.1, 0.15) is 5.82 Å². The number of piperidine rings is 2. The number of amides is 1. The molecule has 202 valence electrons. The molecule has 8 heteroatoms. The number of imidazole rings is 1. The van der Waals surface area contributed by atoms with Crippen LogP contribution in [0.2, 0.25) is 0 Å². The summed E-state index contributed by atoms with van der Waals surface area (Å²) in [5.41, 5.74) is 2.03. The van der Waals surface area contributed by atoms with Crippen molar-refractivity contribution in [3.63, 3.8) is 0 Å². The number of nitrogens with zero attached hydrogens (tertiary/aromatic N) is 3. The van der Waals surface area contributed by atoms with E-state index in [-0.39, 0.29) is 17.9 Å². The molecule has 1 aromatic heterocycles. The summed E-state index contributed by atoms with van der Waals surface area (Å²) in [5, 5.41) is 0. The normalized spacial score (nSPS) is 24.6. The minimum atomic E-state index is -3.67. The predicted octanol–water partition coefficient (Wildman–Crippen LogP) is 5.32. The standard InChI is InChI=1S/C30H38N4O3S/c35-30(33-19-17-23(18-20-33)29-31-26-13-7-8-14-27(26)32-29)24-15-16-28(22-9-3-1-4-10-22)34(21-24)38(36,37)25-11-5-2-6-12-25/h2,5-8,11-14,22-24,28H,1,3-4,9-10,15-21H2,(H,31,32). The predicted molar refractivity (Wildman–Crippen MR) is 148 cm³/mol. The third kappa shape index (κ3) is 5.00. The number of nitrogens with one attached hydrogen (secondary N) is 1. The van der Waals surface area contributed by atoms with Gasteiger partial charge in [0, 0.05) is 31.6 Å². The summed E-state index contributed by atoms with van der Waals surface area (Å²) < 4.78 is 29.4. The second-order valence-electron chi connectivity index (χ2n) is 11.4. The van der Waals surface area contributed by atoms with E-state index >= 15 is 0 Å². The van der Waals surface area contributed by atoms with E-state index in [0.29, 0.717) is 36.4 Å². The molecule has 3 aromatic rings. The minimum absolute atomic E-state index is 0.0108. The molecule has 2 saturated heterocycles. The summed E-state index contributed by atoms with van der Waals surface area (Å²) in [6, 6.07) is 16.8. The minimum Gasteiger partial charge on any atom is -0.342 e. The first-order valence-electron chi connectivity index (χ1n) is 14.3. The molecule has 1 amide bonds. The lowest BCUT2D eigenvalue weighted by Crippen LogP contribution is -2.54. The summed E-state index contributed by atoms with van der Waals surface area (Å²) in [7, 11) is -3.67. The highest BCUT2D eigenvalue weighted by Gasteiger charge is 2.43. The van der Waals surface area contributed by atoms with E-state index in [4.69, 9.17) is 4.98 Å². The number of fused-ring (bicyclic) bond motifs is 1. The van der Waals surface area contributed by atoms with Crippen molar-refractivity contribution in [3.8, 4) is 0 Å². The maximum absolute atomic E-state index is 13.8. The lowest BCUT2D eigenvalue weighted by molar-refractivity contribution is -0.138. The fourth-order valence-corrected chi connectivity index (χ4v) is 8.73. The number of aromatic nitrogens is 2. The van der Waals surface area contributed by atoms with E-state index in [0.717, 1.165) is 55.4 Å². The number of hydrogen-bond acceptors (Lipinski definition) is 4. The molecule has 3 aliphatic rings. The molecule has 1 aliphatic carbocycles. The molecular weight excluding hydrogens is 496 g/mol. The Labute approximate surface area is 225 Å². The first kappa shape index (κ1) is 25.6. The quantitative estimate of drug-likeness (QED) is 0.480. The fourth-order valence-electron chi connectivity index (χ4n) is 6.95. The van der Waals surface area contributed by atoms with Crippen molar-refractivity contribution in [2.75, 3.05) is 19.6 Å². The maximum atomic E-state index is 13.8. The van der Waals surface area contributed by atoms with Crippen LogP contribution in [0.5, 0.6) is 0 Å². The van der Waals surface area contributed by atoms with Gasteiger partial charge in [0.05, 0.1) is 21.8 Å². The van der Waals surface area contributed by atoms with Gasteiger partial charge in [-0.25, -0.2) is 13.4 Å². The zero-order valence-corrected chi connectivity index (χ0v) is 22.8. The molecule has 0 bridgehead atoms. The van der Waals surface area contributed by atoms with Gasteiger partial charge in [-0.05, 0) is 68.7 Å². The molecule has 38 heavy (non-hydrogen) atoms. The Bertz CT molecular complexity index is 1330. The summed E-state index contributed by atoms with van der Waals surface area (Å²) >= 11 is 0. The highest BCUT2D eigenvalue weighted by Crippen LogP contribution is 2.39. The second-order valence-corrected chi connectivity index (χ2v) is 13.3. The van der Waals surface area contributed by atoms with E-state index in [1.807, 2.05) is 35.2 Å². The van der Waals surface area contributed by atoms with Crippen LogP contribution in [0.1, 0.15) is 69.5 Å². The van der Waals surface area contributed by atoms with Gasteiger partial charge in [0.15, 0.2) is 0 Å². The third-order valence-corrected chi connectivity index (χ3v) is 11.0. The maximum Gasteiger partial charge on any atom is 0.243 e. The van der Waals surface area contributed by atoms with Crippen molar-refractivity contribution in [2.24, 2.45) is 11.8 Å². The molecule has 2 aliphatic heterocycles. The zero-order valence-electron chi connectivity index (χ0n) is 22.0. The number of hydrogen-bond donors (Lipinski definition) is 1. The Balaban J connectivity index is 1.16. The van der Waals surface area contributed by atoms with Crippen LogP contribution in [0, 0.1) is 11.8 Å². The lowest BCUT2D eigenvalue weighted by atomic mass is 9.79. The number of para-hydroxylation sites is 2. The first-order chi connectivity index (χ1) is 18.5. The average molecular weight is 535 g/mol. The summed E-state index contributed by atoms with van der Waals surface area (Å²) in [6.07, 6.45) is 9.02. The monoisotopic (exact) mass is 534 g/mol. The molecule has 7 nitrogen and oxygen atoms in total. The van der Waals surface area contributed by atoms with Crippen LogP contribution in [0.15, 0.2) is 59.5 Å². The van der Waals surface area contributed by atoms with Gasteiger partial charge in [0.2, 0.25) is 15.9 Å². The van der Waals surface area contributed by atoms with E-state index in [9.17, 15) is 13.2 Å². The van der Waals surface area contributed by atoms with Gasteiger partial charge in [-0.15, -0.1) is 0 Å². The van der Waals surface area contributed by atoms with Crippen molar-refractivity contribution in [1.82, 2.24) is 19.2 Å². The van der Waals surface area contributed by atoms with Crippen molar-refractivity contribution < 1.29 is 13.2 Å². The molecule has 0 spiro atoms. The fraction of sp³-hybridized carbons (Fsp3) is 0.533. The van der Waals surface area contributed by atoms with Crippen molar-refractivity contribution in [1.29, 1.82) is 0 Å². The molecule has 2 aromatic carbocycles. The first-order valence-corrected chi connectivity index (χ1v) is 15.7. The SMILES string of the molecule is O=C(C1CCC(C2CCCCC2)N(S(=O)(=O)c2ccccc2)C1)N1CCC(c2nc3ccccc3[nH]2)CC1. The number of carbonyl (C=O) groups is 1. The second kappa shape index (κ2) is 10.8. The molecule has 1 N–H and O–H groups in total. The highest BCUT2D eigenvalue weighted by atomic mass is 32.2. The van der Waals surface area contributed by atoms with Crippen molar-refractivity contribution >= 4 is 27.0 Å². The summed E-state index contributed by atoms with van der Waals surface area (Å²) in [6.45, 7) is 1.67. The van der Waals surface area contributed by atoms with Gasteiger partial charge in [0.25, 0.3) is 0 Å². The van der Waals surface area contributed by atoms with Gasteiger partial charge in [-0.1, -0.05) is 49.6 Å². The van der Waals surface area contributed by atoms with Gasteiger partial charge < -0.3 is 9.88 Å². The Morgan fingerprint density at radius 2 is 1.55 bits per heavy atom. The topological polar surface area (TPSA) is 86.4 Å². The largest absolute Gasteiger partial charge is 0.342 e. The number of benzene rings is 2. The molecule has 2 unspecified atom stereocenters. The third-order valence-electron chi connectivity index (χ3n) is 9.08. The average Bonchev–Trinajstić information content (AvgIpc) is 3.42. The molecular formula is C30H38N4O3S. The molecule has 3 fully saturated rings. The van der Waals surface area contributed by atoms with Crippen LogP contribution in [-0.2, 0) is 14.8 Å². The summed E-state index contributed by atoms with van der Waals surface area (Å²) in [5.74, 6) is 1.53. The Morgan fingerprint density at radius 1 is 0.842 bits per heavy atom. The van der Waals surface area contributed by atoms with Crippen LogP contribution < -0.4 is 0 Å². The smallest absolute Gasteiger partial charge is 0.243 e. The molecule has 3 heterocycles. The van der Waals surface area contributed by atoms with Crippen LogP contribution >= 0.6 is 0 Å². The van der Waals surface area contributed by atoms with Crippen molar-refractivity contribution in [3.05, 3.63) is 60.4 Å². The van der Waals surface area contributed by atoms with Gasteiger partial charge in [-0.3, -0.25) is 4.79 Å². The van der Waals surface area contributed by atoms with Crippen LogP contribution in [0.25, 0.3) is 11.0 Å². The number of likely N-dealkylation sites (tertiary alicyclic amines) is 1. The number of sulfonamides is 1. The van der Waals surface area contributed by atoms with E-state index in [2.05, 4.69) is 4.98 Å². The zero-order chi connectivity index (χ0) is 26.1. The van der Waals surface area contributed by atoms with Gasteiger partial charge >= 0.3 is 0 Å². The van der Waals surface area contributed by atoms with E-state index in [1.165, 1.54) is 19.3 Å². The van der Waals surface area contributed by atoms with E-state index < -0.39 is 10.0 Å². The van der Waals surface area contributed by atoms with Crippen LogP contribution in [0.4, 0.5) is 0 Å². The van der Waals surface area contributed by atoms with Gasteiger partial charge in [-0.2, -0.15) is 4.31 Å². The summed E-state index contributed by atoms with van der Waals surface area (Å²) in [4.78, 5) is 24.3. The molecule has 2 atom stereocenters. The molecule has 0 radical (unpaired) electrons. The van der Waals surface area contributed by atoms with E-state index in [1.54, 1.807) is 28.6 Å². The molecule has 1 saturated carbocycles.